The van der Waals surface area contributed by atoms with Crippen LogP contribution in [0.3, 0.4) is 0 Å². The Balaban J connectivity index is 1.99. The monoisotopic (exact) mass is 409 g/mol. The lowest BCUT2D eigenvalue weighted by molar-refractivity contribution is -0.145. The van der Waals surface area contributed by atoms with Gasteiger partial charge in [0, 0.05) is 16.8 Å². The molecule has 0 unspecified atom stereocenters. The minimum absolute atomic E-state index is 0.180. The molecule has 0 aliphatic rings. The Kier molecular flexibility index (Phi) is 6.30. The van der Waals surface area contributed by atoms with Crippen molar-refractivity contribution in [2.24, 2.45) is 0 Å². The zero-order valence-corrected chi connectivity index (χ0v) is 17.4. The maximum atomic E-state index is 13.3. The highest BCUT2D eigenvalue weighted by Gasteiger charge is 2.30. The summed E-state index contributed by atoms with van der Waals surface area (Å²) in [5.41, 5.74) is 3.89. The molecule has 0 aliphatic carbocycles. The topological polar surface area (TPSA) is 73.2 Å². The number of ether oxygens (including phenoxy) is 1. The van der Waals surface area contributed by atoms with Crippen LogP contribution in [0.15, 0.2) is 48.5 Å². The Morgan fingerprint density at radius 2 is 1.70 bits per heavy atom. The highest BCUT2D eigenvalue weighted by molar-refractivity contribution is 5.97. The van der Waals surface area contributed by atoms with Crippen molar-refractivity contribution in [3.8, 4) is 5.69 Å². The predicted octanol–water partition coefficient (Wildman–Crippen LogP) is 3.97. The molecule has 0 saturated heterocycles. The van der Waals surface area contributed by atoms with Gasteiger partial charge >= 0.3 is 5.97 Å². The van der Waals surface area contributed by atoms with Crippen molar-refractivity contribution in [3.05, 3.63) is 82.4 Å². The zero-order valence-electron chi connectivity index (χ0n) is 17.4. The fourth-order valence-corrected chi connectivity index (χ4v) is 3.30. The fraction of sp³-hybridized carbons (Fsp3) is 0.261. The van der Waals surface area contributed by atoms with Gasteiger partial charge in [0.25, 0.3) is 5.91 Å². The zero-order chi connectivity index (χ0) is 21.8. The number of aryl methyl sites for hydroxylation is 2. The average molecular weight is 409 g/mol. The van der Waals surface area contributed by atoms with Gasteiger partial charge in [0.1, 0.15) is 5.82 Å². The minimum atomic E-state index is -1.02. The predicted molar refractivity (Wildman–Crippen MR) is 111 cm³/mol. The van der Waals surface area contributed by atoms with E-state index >= 15 is 0 Å². The molecule has 0 saturated carbocycles. The van der Waals surface area contributed by atoms with Crippen molar-refractivity contribution >= 4 is 11.9 Å². The molecule has 0 bridgehead atoms. The second-order valence-electron chi connectivity index (χ2n) is 7.00. The number of amides is 1. The van der Waals surface area contributed by atoms with E-state index in [-0.39, 0.29) is 18.3 Å². The third kappa shape index (κ3) is 4.40. The molecule has 6 nitrogen and oxygen atoms in total. The molecule has 0 aliphatic heterocycles. The summed E-state index contributed by atoms with van der Waals surface area (Å²) in [6.07, 6.45) is 0. The molecule has 1 heterocycles. The molecule has 0 radical (unpaired) electrons. The number of hydrogen-bond donors (Lipinski definition) is 1. The summed E-state index contributed by atoms with van der Waals surface area (Å²) in [4.78, 5) is 25.5. The average Bonchev–Trinajstić information content (AvgIpc) is 3.01. The van der Waals surface area contributed by atoms with Gasteiger partial charge in [0.15, 0.2) is 6.04 Å². The number of benzene rings is 2. The first kappa shape index (κ1) is 21.2. The van der Waals surface area contributed by atoms with Gasteiger partial charge in [0.2, 0.25) is 0 Å². The number of nitrogens with one attached hydrogen (secondary N) is 1. The summed E-state index contributed by atoms with van der Waals surface area (Å²) in [6.45, 7) is 7.37. The number of nitrogens with zero attached hydrogens (tertiary/aromatic N) is 2. The number of hydrogen-bond acceptors (Lipinski definition) is 4. The van der Waals surface area contributed by atoms with E-state index in [4.69, 9.17) is 4.74 Å². The lowest BCUT2D eigenvalue weighted by Gasteiger charge is -2.18. The van der Waals surface area contributed by atoms with Crippen LogP contribution in [0.4, 0.5) is 4.39 Å². The third-order valence-electron chi connectivity index (χ3n) is 4.82. The van der Waals surface area contributed by atoms with E-state index in [0.29, 0.717) is 28.2 Å². The SMILES string of the molecule is CCOC(=O)[C@@H](NC(=O)c1ccc(C)cc1)c1c(C)nn(-c2ccc(F)cc2)c1C. The van der Waals surface area contributed by atoms with E-state index in [1.54, 1.807) is 49.7 Å². The van der Waals surface area contributed by atoms with Crippen LogP contribution in [-0.2, 0) is 9.53 Å². The molecule has 3 aromatic rings. The summed E-state index contributed by atoms with van der Waals surface area (Å²) in [5.74, 6) is -1.31. The second kappa shape index (κ2) is 8.90. The van der Waals surface area contributed by atoms with Gasteiger partial charge in [-0.05, 0) is 64.1 Å². The number of carbonyl (C=O) groups is 2. The molecule has 30 heavy (non-hydrogen) atoms. The van der Waals surface area contributed by atoms with Gasteiger partial charge in [-0.15, -0.1) is 0 Å². The molecule has 0 spiro atoms. The molecule has 1 N–H and O–H groups in total. The number of rotatable bonds is 6. The van der Waals surface area contributed by atoms with Gasteiger partial charge in [-0.2, -0.15) is 5.10 Å². The van der Waals surface area contributed by atoms with Gasteiger partial charge in [-0.1, -0.05) is 17.7 Å². The molecule has 1 aromatic heterocycles. The van der Waals surface area contributed by atoms with Crippen LogP contribution < -0.4 is 5.32 Å². The molecule has 156 valence electrons. The van der Waals surface area contributed by atoms with Crippen molar-refractivity contribution in [1.82, 2.24) is 15.1 Å². The number of halogens is 1. The van der Waals surface area contributed by atoms with Crippen LogP contribution in [-0.4, -0.2) is 28.3 Å². The lowest BCUT2D eigenvalue weighted by atomic mass is 10.0. The smallest absolute Gasteiger partial charge is 0.333 e. The second-order valence-corrected chi connectivity index (χ2v) is 7.00. The van der Waals surface area contributed by atoms with Crippen molar-refractivity contribution in [2.45, 2.75) is 33.7 Å². The minimum Gasteiger partial charge on any atom is -0.464 e. The highest BCUT2D eigenvalue weighted by Crippen LogP contribution is 2.26. The molecule has 7 heteroatoms. The van der Waals surface area contributed by atoms with Crippen molar-refractivity contribution in [1.29, 1.82) is 0 Å². The van der Waals surface area contributed by atoms with E-state index < -0.39 is 12.0 Å². The molecular formula is C23H24FN3O3. The molecule has 2 aromatic carbocycles. The molecular weight excluding hydrogens is 385 g/mol. The maximum absolute atomic E-state index is 13.3. The van der Waals surface area contributed by atoms with Crippen molar-refractivity contribution < 1.29 is 18.7 Å². The highest BCUT2D eigenvalue weighted by atomic mass is 19.1. The number of aromatic nitrogens is 2. The first-order valence-electron chi connectivity index (χ1n) is 9.68. The summed E-state index contributed by atoms with van der Waals surface area (Å²) < 4.78 is 20.1. The molecule has 0 fully saturated rings. The van der Waals surface area contributed by atoms with Crippen molar-refractivity contribution in [2.75, 3.05) is 6.61 Å². The summed E-state index contributed by atoms with van der Waals surface area (Å²) >= 11 is 0. The lowest BCUT2D eigenvalue weighted by Crippen LogP contribution is -2.35. The van der Waals surface area contributed by atoms with Crippen LogP contribution >= 0.6 is 0 Å². The first-order chi connectivity index (χ1) is 14.3. The Bertz CT molecular complexity index is 1060. The quantitative estimate of drug-likeness (QED) is 0.625. The van der Waals surface area contributed by atoms with E-state index in [1.807, 2.05) is 19.1 Å². The van der Waals surface area contributed by atoms with Crippen LogP contribution in [0.5, 0.6) is 0 Å². The van der Waals surface area contributed by atoms with Crippen molar-refractivity contribution in [3.63, 3.8) is 0 Å². The van der Waals surface area contributed by atoms with Crippen LogP contribution in [0.25, 0.3) is 5.69 Å². The van der Waals surface area contributed by atoms with Gasteiger partial charge < -0.3 is 10.1 Å². The Hall–Kier alpha value is -3.48. The first-order valence-corrected chi connectivity index (χ1v) is 9.68. The largest absolute Gasteiger partial charge is 0.464 e. The molecule has 3 rings (SSSR count). The van der Waals surface area contributed by atoms with E-state index in [9.17, 15) is 14.0 Å². The van der Waals surface area contributed by atoms with Gasteiger partial charge in [-0.25, -0.2) is 13.9 Å². The molecule has 1 amide bonds. The third-order valence-corrected chi connectivity index (χ3v) is 4.82. The van der Waals surface area contributed by atoms with Crippen LogP contribution in [0.2, 0.25) is 0 Å². The van der Waals surface area contributed by atoms with Crippen LogP contribution in [0.1, 0.15) is 45.8 Å². The van der Waals surface area contributed by atoms with E-state index in [2.05, 4.69) is 10.4 Å². The van der Waals surface area contributed by atoms with E-state index in [1.165, 1.54) is 12.1 Å². The van der Waals surface area contributed by atoms with Crippen LogP contribution in [0, 0.1) is 26.6 Å². The Labute approximate surface area is 174 Å². The van der Waals surface area contributed by atoms with E-state index in [0.717, 1.165) is 5.56 Å². The number of carbonyl (C=O) groups excluding carboxylic acids is 2. The summed E-state index contributed by atoms with van der Waals surface area (Å²) in [7, 11) is 0. The van der Waals surface area contributed by atoms with Gasteiger partial charge in [0.05, 0.1) is 18.0 Å². The Morgan fingerprint density at radius 3 is 2.30 bits per heavy atom. The summed E-state index contributed by atoms with van der Waals surface area (Å²) in [5, 5.41) is 7.28. The normalized spacial score (nSPS) is 11.8. The van der Waals surface area contributed by atoms with Gasteiger partial charge in [-0.3, -0.25) is 4.79 Å². The number of esters is 1. The Morgan fingerprint density at radius 1 is 1.07 bits per heavy atom. The summed E-state index contributed by atoms with van der Waals surface area (Å²) in [6, 6.07) is 11.9. The maximum Gasteiger partial charge on any atom is 0.333 e. The molecule has 1 atom stereocenters. The fourth-order valence-electron chi connectivity index (χ4n) is 3.30. The standard InChI is InChI=1S/C23H24FN3O3/c1-5-30-23(29)21(25-22(28)17-8-6-14(2)7-9-17)20-15(3)26-27(16(20)4)19-12-10-18(24)11-13-19/h6-13,21H,5H2,1-4H3,(H,25,28)/t21-/m0/s1.